The number of hydrogen-bond donors (Lipinski definition) is 2. The minimum Gasteiger partial charge on any atom is -0.366 e. The standard InChI is InChI=1S/C15H22FN5O.HI/c1-17-14(22)11-19-15(18-2)21-9-7-20(8-10-21)13-6-4-3-5-12(13)16;/h3-6H,7-11H2,1-2H3,(H,17,22)(H,18,19);1H. The minimum absolute atomic E-state index is 0. The molecule has 0 saturated carbocycles. The highest BCUT2D eigenvalue weighted by atomic mass is 127. The smallest absolute Gasteiger partial charge is 0.239 e. The van der Waals surface area contributed by atoms with Crippen molar-refractivity contribution in [1.29, 1.82) is 0 Å². The summed E-state index contributed by atoms with van der Waals surface area (Å²) in [5, 5.41) is 5.58. The van der Waals surface area contributed by atoms with E-state index in [0.29, 0.717) is 24.7 Å². The topological polar surface area (TPSA) is 60.0 Å². The number of aliphatic imine (C=N–C) groups is 1. The van der Waals surface area contributed by atoms with Crippen LogP contribution < -0.4 is 15.5 Å². The Morgan fingerprint density at radius 2 is 1.91 bits per heavy atom. The van der Waals surface area contributed by atoms with Crippen LogP contribution in [0, 0.1) is 5.82 Å². The molecule has 0 bridgehead atoms. The van der Waals surface area contributed by atoms with E-state index in [4.69, 9.17) is 0 Å². The third kappa shape index (κ3) is 5.22. The molecule has 6 nitrogen and oxygen atoms in total. The lowest BCUT2D eigenvalue weighted by Crippen LogP contribution is -2.53. The Hall–Kier alpha value is -1.58. The second kappa shape index (κ2) is 9.53. The number of anilines is 1. The zero-order valence-corrected chi connectivity index (χ0v) is 15.7. The summed E-state index contributed by atoms with van der Waals surface area (Å²) in [7, 11) is 3.29. The summed E-state index contributed by atoms with van der Waals surface area (Å²) in [6.07, 6.45) is 0. The lowest BCUT2D eigenvalue weighted by Gasteiger charge is -2.37. The molecule has 2 N–H and O–H groups in total. The molecule has 0 aliphatic carbocycles. The van der Waals surface area contributed by atoms with Crippen molar-refractivity contribution in [3.8, 4) is 0 Å². The van der Waals surface area contributed by atoms with Gasteiger partial charge in [0.25, 0.3) is 0 Å². The summed E-state index contributed by atoms with van der Waals surface area (Å²) in [6.45, 7) is 3.06. The molecular formula is C15H23FIN5O. The van der Waals surface area contributed by atoms with Crippen LogP contribution >= 0.6 is 24.0 Å². The summed E-state index contributed by atoms with van der Waals surface area (Å²) in [5.41, 5.74) is 0.635. The van der Waals surface area contributed by atoms with E-state index in [1.165, 1.54) is 6.07 Å². The lowest BCUT2D eigenvalue weighted by atomic mass is 10.2. The first-order valence-corrected chi connectivity index (χ1v) is 7.31. The van der Waals surface area contributed by atoms with Crippen molar-refractivity contribution >= 4 is 41.5 Å². The number of guanidine groups is 1. The SMILES string of the molecule is CN=C(NCC(=O)NC)N1CCN(c2ccccc2F)CC1.I. The Balaban J connectivity index is 0.00000264. The van der Waals surface area contributed by atoms with Crippen LogP contribution in [0.2, 0.25) is 0 Å². The van der Waals surface area contributed by atoms with Crippen LogP contribution in [0.4, 0.5) is 10.1 Å². The van der Waals surface area contributed by atoms with Gasteiger partial charge in [0.2, 0.25) is 5.91 Å². The van der Waals surface area contributed by atoms with Crippen LogP contribution in [-0.4, -0.2) is 63.6 Å². The average molecular weight is 435 g/mol. The molecule has 23 heavy (non-hydrogen) atoms. The van der Waals surface area contributed by atoms with Gasteiger partial charge in [-0.05, 0) is 12.1 Å². The van der Waals surface area contributed by atoms with Crippen molar-refractivity contribution in [3.63, 3.8) is 0 Å². The fraction of sp³-hybridized carbons (Fsp3) is 0.467. The van der Waals surface area contributed by atoms with Gasteiger partial charge in [-0.15, -0.1) is 24.0 Å². The van der Waals surface area contributed by atoms with E-state index >= 15 is 0 Å². The molecule has 1 fully saturated rings. The maximum absolute atomic E-state index is 13.8. The fourth-order valence-corrected chi connectivity index (χ4v) is 2.45. The van der Waals surface area contributed by atoms with Crippen LogP contribution in [0.3, 0.4) is 0 Å². The summed E-state index contributed by atoms with van der Waals surface area (Å²) in [6, 6.07) is 6.81. The number of amides is 1. The summed E-state index contributed by atoms with van der Waals surface area (Å²) >= 11 is 0. The van der Waals surface area contributed by atoms with E-state index in [2.05, 4.69) is 20.5 Å². The molecule has 0 atom stereocenters. The second-order valence-electron chi connectivity index (χ2n) is 5.00. The lowest BCUT2D eigenvalue weighted by molar-refractivity contribution is -0.119. The average Bonchev–Trinajstić information content (AvgIpc) is 2.56. The molecule has 0 aromatic heterocycles. The highest BCUT2D eigenvalue weighted by Gasteiger charge is 2.21. The highest BCUT2D eigenvalue weighted by molar-refractivity contribution is 14.0. The number of nitrogens with one attached hydrogen (secondary N) is 2. The van der Waals surface area contributed by atoms with Crippen molar-refractivity contribution in [2.75, 3.05) is 51.7 Å². The van der Waals surface area contributed by atoms with E-state index in [-0.39, 0.29) is 42.2 Å². The third-order valence-corrected chi connectivity index (χ3v) is 3.67. The monoisotopic (exact) mass is 435 g/mol. The number of piperazine rings is 1. The molecule has 2 rings (SSSR count). The van der Waals surface area contributed by atoms with Gasteiger partial charge in [0.1, 0.15) is 5.82 Å². The summed E-state index contributed by atoms with van der Waals surface area (Å²) in [5.74, 6) is 0.404. The number of hydrogen-bond acceptors (Lipinski definition) is 3. The Kier molecular flexibility index (Phi) is 8.07. The second-order valence-corrected chi connectivity index (χ2v) is 5.00. The van der Waals surface area contributed by atoms with E-state index in [9.17, 15) is 9.18 Å². The van der Waals surface area contributed by atoms with Gasteiger partial charge in [-0.1, -0.05) is 12.1 Å². The molecule has 1 aromatic carbocycles. The van der Waals surface area contributed by atoms with Gasteiger partial charge in [0.05, 0.1) is 12.2 Å². The van der Waals surface area contributed by atoms with Crippen molar-refractivity contribution in [3.05, 3.63) is 30.1 Å². The Bertz CT molecular complexity index is 546. The molecule has 128 valence electrons. The zero-order chi connectivity index (χ0) is 15.9. The Labute approximate surface area is 153 Å². The predicted molar refractivity (Wildman–Crippen MR) is 101 cm³/mol. The number of likely N-dealkylation sites (N-methyl/N-ethyl adjacent to an activating group) is 1. The third-order valence-electron chi connectivity index (χ3n) is 3.67. The molecule has 1 aliphatic heterocycles. The molecule has 1 aromatic rings. The number of rotatable bonds is 3. The van der Waals surface area contributed by atoms with Gasteiger partial charge in [-0.3, -0.25) is 9.79 Å². The number of nitrogens with zero attached hydrogens (tertiary/aromatic N) is 3. The largest absolute Gasteiger partial charge is 0.366 e. The van der Waals surface area contributed by atoms with Crippen LogP contribution in [0.5, 0.6) is 0 Å². The van der Waals surface area contributed by atoms with Crippen LogP contribution in [0.25, 0.3) is 0 Å². The molecule has 1 saturated heterocycles. The van der Waals surface area contributed by atoms with Crippen LogP contribution in [-0.2, 0) is 4.79 Å². The Morgan fingerprint density at radius 1 is 1.26 bits per heavy atom. The summed E-state index contributed by atoms with van der Waals surface area (Å²) in [4.78, 5) is 19.6. The number of halogens is 2. The van der Waals surface area contributed by atoms with Crippen molar-refractivity contribution in [1.82, 2.24) is 15.5 Å². The Morgan fingerprint density at radius 3 is 2.48 bits per heavy atom. The number of para-hydroxylation sites is 1. The predicted octanol–water partition coefficient (Wildman–Crippen LogP) is 0.887. The normalized spacial score (nSPS) is 15.0. The number of benzene rings is 1. The van der Waals surface area contributed by atoms with Crippen LogP contribution in [0.15, 0.2) is 29.3 Å². The van der Waals surface area contributed by atoms with Crippen molar-refractivity contribution < 1.29 is 9.18 Å². The molecule has 0 spiro atoms. The van der Waals surface area contributed by atoms with E-state index in [0.717, 1.165) is 13.1 Å². The first kappa shape index (κ1) is 19.5. The number of carbonyl (C=O) groups excluding carboxylic acids is 1. The number of carbonyl (C=O) groups is 1. The van der Waals surface area contributed by atoms with Crippen molar-refractivity contribution in [2.45, 2.75) is 0 Å². The maximum atomic E-state index is 13.8. The van der Waals surface area contributed by atoms with Gasteiger partial charge in [-0.2, -0.15) is 0 Å². The van der Waals surface area contributed by atoms with Crippen molar-refractivity contribution in [2.24, 2.45) is 4.99 Å². The van der Waals surface area contributed by atoms with Crippen LogP contribution in [0.1, 0.15) is 0 Å². The molecule has 1 aliphatic rings. The maximum Gasteiger partial charge on any atom is 0.239 e. The fourth-order valence-electron chi connectivity index (χ4n) is 2.45. The molecule has 0 radical (unpaired) electrons. The van der Waals surface area contributed by atoms with Gasteiger partial charge in [-0.25, -0.2) is 4.39 Å². The van der Waals surface area contributed by atoms with Gasteiger partial charge >= 0.3 is 0 Å². The quantitative estimate of drug-likeness (QED) is 0.421. The molecule has 1 heterocycles. The highest BCUT2D eigenvalue weighted by Crippen LogP contribution is 2.20. The molecule has 1 amide bonds. The van der Waals surface area contributed by atoms with E-state index < -0.39 is 0 Å². The molecule has 0 unspecified atom stereocenters. The van der Waals surface area contributed by atoms with E-state index in [1.54, 1.807) is 26.2 Å². The molecular weight excluding hydrogens is 412 g/mol. The first-order chi connectivity index (χ1) is 10.7. The first-order valence-electron chi connectivity index (χ1n) is 7.31. The van der Waals surface area contributed by atoms with Gasteiger partial charge in [0.15, 0.2) is 5.96 Å². The minimum atomic E-state index is -0.196. The zero-order valence-electron chi connectivity index (χ0n) is 13.4. The van der Waals surface area contributed by atoms with E-state index in [1.807, 2.05) is 11.0 Å². The molecule has 8 heteroatoms. The summed E-state index contributed by atoms with van der Waals surface area (Å²) < 4.78 is 13.8. The van der Waals surface area contributed by atoms with Gasteiger partial charge in [0, 0.05) is 40.3 Å². The van der Waals surface area contributed by atoms with Gasteiger partial charge < -0.3 is 20.4 Å².